The van der Waals surface area contributed by atoms with Gasteiger partial charge < -0.3 is 14.9 Å². The van der Waals surface area contributed by atoms with E-state index in [1.54, 1.807) is 0 Å². The zero-order valence-electron chi connectivity index (χ0n) is 14.9. The Morgan fingerprint density at radius 1 is 1.23 bits per heavy atom. The molecular formula is C18H34N2O2. The van der Waals surface area contributed by atoms with Crippen molar-refractivity contribution in [3.05, 3.63) is 0 Å². The number of piperidine rings is 1. The topological polar surface area (TPSA) is 43.8 Å². The van der Waals surface area contributed by atoms with Crippen molar-refractivity contribution in [3.63, 3.8) is 0 Å². The lowest BCUT2D eigenvalue weighted by molar-refractivity contribution is -0.161. The van der Waals surface area contributed by atoms with Gasteiger partial charge in [-0.2, -0.15) is 0 Å². The van der Waals surface area contributed by atoms with E-state index in [1.165, 1.54) is 32.1 Å². The van der Waals surface area contributed by atoms with Gasteiger partial charge in [-0.05, 0) is 38.1 Å². The number of rotatable bonds is 4. The average Bonchev–Trinajstić information content (AvgIpc) is 2.44. The van der Waals surface area contributed by atoms with Gasteiger partial charge in [0.05, 0.1) is 0 Å². The van der Waals surface area contributed by atoms with E-state index >= 15 is 0 Å². The lowest BCUT2D eigenvalue weighted by atomic mass is 9.87. The molecule has 22 heavy (non-hydrogen) atoms. The van der Waals surface area contributed by atoms with Crippen LogP contribution < -0.4 is 0 Å². The van der Waals surface area contributed by atoms with Gasteiger partial charge in [-0.25, -0.2) is 0 Å². The fourth-order valence-electron chi connectivity index (χ4n) is 4.00. The summed E-state index contributed by atoms with van der Waals surface area (Å²) in [6.07, 6.45) is 7.78. The molecular weight excluding hydrogens is 276 g/mol. The third-order valence-electron chi connectivity index (χ3n) is 5.08. The van der Waals surface area contributed by atoms with E-state index in [4.69, 9.17) is 0 Å². The molecule has 0 aromatic carbocycles. The second-order valence-corrected chi connectivity index (χ2v) is 8.63. The Kier molecular flexibility index (Phi) is 5.54. The van der Waals surface area contributed by atoms with Gasteiger partial charge in [0.2, 0.25) is 0 Å². The third kappa shape index (κ3) is 4.45. The molecule has 2 fully saturated rings. The van der Waals surface area contributed by atoms with Crippen molar-refractivity contribution in [3.8, 4) is 0 Å². The van der Waals surface area contributed by atoms with Gasteiger partial charge in [0.25, 0.3) is 5.91 Å². The molecule has 1 saturated carbocycles. The second kappa shape index (κ2) is 6.88. The van der Waals surface area contributed by atoms with Crippen LogP contribution in [0, 0.1) is 5.41 Å². The molecule has 2 rings (SSSR count). The molecule has 1 unspecified atom stereocenters. The van der Waals surface area contributed by atoms with E-state index in [1.807, 2.05) is 4.90 Å². The summed E-state index contributed by atoms with van der Waals surface area (Å²) < 4.78 is 0. The molecule has 4 heteroatoms. The van der Waals surface area contributed by atoms with Crippen LogP contribution in [-0.4, -0.2) is 59.1 Å². The van der Waals surface area contributed by atoms with Crippen molar-refractivity contribution in [1.29, 1.82) is 0 Å². The number of hydrogen-bond acceptors (Lipinski definition) is 3. The first-order valence-electron chi connectivity index (χ1n) is 8.93. The van der Waals surface area contributed by atoms with E-state index in [9.17, 15) is 9.90 Å². The van der Waals surface area contributed by atoms with Crippen molar-refractivity contribution in [1.82, 2.24) is 9.80 Å². The number of hydrogen-bond donors (Lipinski definition) is 1. The molecule has 1 atom stereocenters. The maximum Gasteiger partial charge on any atom is 0.255 e. The highest BCUT2D eigenvalue weighted by molar-refractivity contribution is 5.86. The van der Waals surface area contributed by atoms with Crippen molar-refractivity contribution in [2.45, 2.75) is 77.4 Å². The number of likely N-dealkylation sites (tertiary alicyclic amines) is 1. The Morgan fingerprint density at radius 3 is 2.45 bits per heavy atom. The van der Waals surface area contributed by atoms with Crippen LogP contribution in [0.3, 0.4) is 0 Å². The molecule has 1 N–H and O–H groups in total. The van der Waals surface area contributed by atoms with Crippen molar-refractivity contribution in [2.75, 3.05) is 26.7 Å². The summed E-state index contributed by atoms with van der Waals surface area (Å²) in [4.78, 5) is 16.9. The maximum absolute atomic E-state index is 12.8. The number of nitrogens with zero attached hydrogens (tertiary/aromatic N) is 2. The Morgan fingerprint density at radius 2 is 1.86 bits per heavy atom. The SMILES string of the molecule is CN(CC1(O)CCCN(CC(C)(C)C)C1=O)C1CCCCC1. The van der Waals surface area contributed by atoms with Crippen molar-refractivity contribution >= 4 is 5.91 Å². The van der Waals surface area contributed by atoms with Crippen LogP contribution in [0.4, 0.5) is 0 Å². The number of carbonyl (C=O) groups is 1. The minimum atomic E-state index is -1.18. The predicted molar refractivity (Wildman–Crippen MR) is 89.7 cm³/mol. The van der Waals surface area contributed by atoms with E-state index < -0.39 is 5.60 Å². The van der Waals surface area contributed by atoms with Crippen LogP contribution in [0.15, 0.2) is 0 Å². The molecule has 4 nitrogen and oxygen atoms in total. The van der Waals surface area contributed by atoms with Gasteiger partial charge in [0.1, 0.15) is 0 Å². The van der Waals surface area contributed by atoms with Gasteiger partial charge in [-0.1, -0.05) is 40.0 Å². The quantitative estimate of drug-likeness (QED) is 0.868. The normalized spacial score (nSPS) is 28.5. The van der Waals surface area contributed by atoms with E-state index in [-0.39, 0.29) is 11.3 Å². The number of aliphatic hydroxyl groups is 1. The smallest absolute Gasteiger partial charge is 0.255 e. The van der Waals surface area contributed by atoms with Gasteiger partial charge in [0.15, 0.2) is 5.60 Å². The molecule has 0 spiro atoms. The molecule has 0 radical (unpaired) electrons. The molecule has 0 aromatic heterocycles. The highest BCUT2D eigenvalue weighted by Crippen LogP contribution is 2.29. The molecule has 1 amide bonds. The number of amides is 1. The molecule has 0 aromatic rings. The van der Waals surface area contributed by atoms with E-state index in [2.05, 4.69) is 32.7 Å². The summed E-state index contributed by atoms with van der Waals surface area (Å²) in [7, 11) is 2.07. The summed E-state index contributed by atoms with van der Waals surface area (Å²) in [6.45, 7) is 8.41. The first-order valence-corrected chi connectivity index (χ1v) is 8.93. The summed E-state index contributed by atoms with van der Waals surface area (Å²) in [5.74, 6) is -0.0589. The van der Waals surface area contributed by atoms with Crippen LogP contribution in [0.5, 0.6) is 0 Å². The summed E-state index contributed by atoms with van der Waals surface area (Å²) >= 11 is 0. The minimum Gasteiger partial charge on any atom is -0.379 e. The van der Waals surface area contributed by atoms with E-state index in [0.29, 0.717) is 19.0 Å². The lowest BCUT2D eigenvalue weighted by Gasteiger charge is -2.43. The lowest BCUT2D eigenvalue weighted by Crippen LogP contribution is -2.60. The molecule has 2 aliphatic rings. The monoisotopic (exact) mass is 310 g/mol. The predicted octanol–water partition coefficient (Wildman–Crippen LogP) is 2.65. The van der Waals surface area contributed by atoms with Gasteiger partial charge in [-0.3, -0.25) is 4.79 Å². The van der Waals surface area contributed by atoms with Crippen LogP contribution in [0.25, 0.3) is 0 Å². The Hall–Kier alpha value is -0.610. The Bertz CT molecular complexity index is 385. The Balaban J connectivity index is 1.99. The van der Waals surface area contributed by atoms with Crippen LogP contribution >= 0.6 is 0 Å². The first kappa shape index (κ1) is 17.7. The molecule has 1 saturated heterocycles. The largest absolute Gasteiger partial charge is 0.379 e. The van der Waals surface area contributed by atoms with Gasteiger partial charge in [-0.15, -0.1) is 0 Å². The van der Waals surface area contributed by atoms with Crippen LogP contribution in [-0.2, 0) is 4.79 Å². The standard InChI is InChI=1S/C18H34N2O2/c1-17(2,3)13-20-12-8-11-18(22,16(20)21)14-19(4)15-9-6-5-7-10-15/h15,22H,5-14H2,1-4H3. The summed E-state index contributed by atoms with van der Waals surface area (Å²) in [5, 5.41) is 11.0. The van der Waals surface area contributed by atoms with Crippen molar-refractivity contribution < 1.29 is 9.90 Å². The molecule has 128 valence electrons. The Labute approximate surface area is 135 Å². The summed E-state index contributed by atoms with van der Waals surface area (Å²) in [6, 6.07) is 0.531. The van der Waals surface area contributed by atoms with Crippen LogP contribution in [0.2, 0.25) is 0 Å². The summed E-state index contributed by atoms with van der Waals surface area (Å²) in [5.41, 5.74) is -1.11. The average molecular weight is 310 g/mol. The molecule has 0 bridgehead atoms. The number of carbonyl (C=O) groups excluding carboxylic acids is 1. The zero-order chi connectivity index (χ0) is 16.4. The van der Waals surface area contributed by atoms with E-state index in [0.717, 1.165) is 19.5 Å². The fourth-order valence-corrected chi connectivity index (χ4v) is 4.00. The highest BCUT2D eigenvalue weighted by atomic mass is 16.3. The second-order valence-electron chi connectivity index (χ2n) is 8.63. The highest BCUT2D eigenvalue weighted by Gasteiger charge is 2.44. The molecule has 1 aliphatic heterocycles. The van der Waals surface area contributed by atoms with Gasteiger partial charge in [0, 0.05) is 25.7 Å². The first-order chi connectivity index (χ1) is 10.2. The van der Waals surface area contributed by atoms with Crippen molar-refractivity contribution in [2.24, 2.45) is 5.41 Å². The molecule has 1 aliphatic carbocycles. The maximum atomic E-state index is 12.8. The fraction of sp³-hybridized carbons (Fsp3) is 0.944. The van der Waals surface area contributed by atoms with Gasteiger partial charge >= 0.3 is 0 Å². The minimum absolute atomic E-state index is 0.0589. The number of likely N-dealkylation sites (N-methyl/N-ethyl adjacent to an activating group) is 1. The molecule has 1 heterocycles. The third-order valence-corrected chi connectivity index (χ3v) is 5.08. The van der Waals surface area contributed by atoms with Crippen LogP contribution in [0.1, 0.15) is 65.7 Å². The zero-order valence-corrected chi connectivity index (χ0v) is 14.9.